The lowest BCUT2D eigenvalue weighted by molar-refractivity contribution is -0.137. The molecule has 1 aromatic carbocycles. The zero-order valence-corrected chi connectivity index (χ0v) is 13.7. The van der Waals surface area contributed by atoms with Crippen molar-refractivity contribution in [3.05, 3.63) is 46.7 Å². The van der Waals surface area contributed by atoms with Gasteiger partial charge < -0.3 is 10.0 Å². The number of hydrogen-bond acceptors (Lipinski definition) is 3. The topological polar surface area (TPSA) is 75.4 Å². The SMILES string of the molecule is Cc1cc(C(=O)N(C)CCCC(=O)O)nn1-c1cccc(Cl)c1. The fraction of sp³-hybridized carbons (Fsp3) is 0.312. The third kappa shape index (κ3) is 4.32. The molecule has 6 nitrogen and oxygen atoms in total. The highest BCUT2D eigenvalue weighted by molar-refractivity contribution is 6.30. The molecular weight excluding hydrogens is 318 g/mol. The lowest BCUT2D eigenvalue weighted by Gasteiger charge is -2.14. The van der Waals surface area contributed by atoms with Gasteiger partial charge in [0, 0.05) is 30.7 Å². The van der Waals surface area contributed by atoms with E-state index in [1.54, 1.807) is 29.9 Å². The van der Waals surface area contributed by atoms with Gasteiger partial charge in [0.1, 0.15) is 0 Å². The number of carboxylic acid groups (broad SMARTS) is 1. The molecule has 0 saturated carbocycles. The van der Waals surface area contributed by atoms with Gasteiger partial charge in [0.25, 0.3) is 5.91 Å². The Morgan fingerprint density at radius 2 is 2.09 bits per heavy atom. The van der Waals surface area contributed by atoms with E-state index in [9.17, 15) is 9.59 Å². The van der Waals surface area contributed by atoms with Crippen LogP contribution < -0.4 is 0 Å². The van der Waals surface area contributed by atoms with E-state index >= 15 is 0 Å². The average molecular weight is 336 g/mol. The van der Waals surface area contributed by atoms with Crippen LogP contribution in [0.15, 0.2) is 30.3 Å². The molecule has 0 unspecified atom stereocenters. The zero-order chi connectivity index (χ0) is 17.0. The van der Waals surface area contributed by atoms with E-state index in [-0.39, 0.29) is 12.3 Å². The monoisotopic (exact) mass is 335 g/mol. The number of aryl methyl sites for hydroxylation is 1. The Morgan fingerprint density at radius 1 is 1.35 bits per heavy atom. The number of rotatable bonds is 6. The quantitative estimate of drug-likeness (QED) is 0.880. The van der Waals surface area contributed by atoms with Crippen LogP contribution in [-0.2, 0) is 4.79 Å². The van der Waals surface area contributed by atoms with Crippen LogP contribution in [0.5, 0.6) is 0 Å². The van der Waals surface area contributed by atoms with Crippen LogP contribution in [0.4, 0.5) is 0 Å². The largest absolute Gasteiger partial charge is 0.481 e. The zero-order valence-electron chi connectivity index (χ0n) is 13.0. The van der Waals surface area contributed by atoms with Crippen molar-refractivity contribution in [2.24, 2.45) is 0 Å². The van der Waals surface area contributed by atoms with E-state index in [0.717, 1.165) is 11.4 Å². The first kappa shape index (κ1) is 17.0. The molecule has 0 atom stereocenters. The maximum absolute atomic E-state index is 12.4. The van der Waals surface area contributed by atoms with Crippen molar-refractivity contribution in [2.75, 3.05) is 13.6 Å². The number of aromatic nitrogens is 2. The maximum Gasteiger partial charge on any atom is 0.303 e. The van der Waals surface area contributed by atoms with Gasteiger partial charge in [-0.2, -0.15) is 5.10 Å². The first-order chi connectivity index (χ1) is 10.9. The normalized spacial score (nSPS) is 10.6. The van der Waals surface area contributed by atoms with Crippen LogP contribution >= 0.6 is 11.6 Å². The third-order valence-corrected chi connectivity index (χ3v) is 3.63. The fourth-order valence-corrected chi connectivity index (χ4v) is 2.40. The second-order valence-corrected chi connectivity index (χ2v) is 5.72. The van der Waals surface area contributed by atoms with Gasteiger partial charge in [-0.1, -0.05) is 17.7 Å². The molecule has 2 aromatic rings. The number of halogens is 1. The Morgan fingerprint density at radius 3 is 2.74 bits per heavy atom. The van der Waals surface area contributed by atoms with Crippen molar-refractivity contribution >= 4 is 23.5 Å². The molecule has 7 heteroatoms. The highest BCUT2D eigenvalue weighted by Crippen LogP contribution is 2.17. The molecule has 0 aliphatic rings. The van der Waals surface area contributed by atoms with E-state index in [4.69, 9.17) is 16.7 Å². The minimum atomic E-state index is -0.869. The van der Waals surface area contributed by atoms with Crippen molar-refractivity contribution in [1.82, 2.24) is 14.7 Å². The van der Waals surface area contributed by atoms with Crippen LogP contribution in [0.1, 0.15) is 29.0 Å². The number of carbonyl (C=O) groups excluding carboxylic acids is 1. The average Bonchev–Trinajstić information content (AvgIpc) is 2.88. The Bertz CT molecular complexity index is 727. The van der Waals surface area contributed by atoms with E-state index in [1.807, 2.05) is 19.1 Å². The number of amides is 1. The summed E-state index contributed by atoms with van der Waals surface area (Å²) >= 11 is 5.99. The molecule has 122 valence electrons. The predicted molar refractivity (Wildman–Crippen MR) is 87.1 cm³/mol. The van der Waals surface area contributed by atoms with Crippen molar-refractivity contribution in [1.29, 1.82) is 0 Å². The minimum absolute atomic E-state index is 0.0353. The van der Waals surface area contributed by atoms with Gasteiger partial charge in [0.05, 0.1) is 5.69 Å². The van der Waals surface area contributed by atoms with Crippen LogP contribution in [0, 0.1) is 6.92 Å². The number of carbonyl (C=O) groups is 2. The molecule has 0 aliphatic heterocycles. The highest BCUT2D eigenvalue weighted by Gasteiger charge is 2.17. The molecule has 0 saturated heterocycles. The van der Waals surface area contributed by atoms with Crippen molar-refractivity contribution in [2.45, 2.75) is 19.8 Å². The van der Waals surface area contributed by atoms with Crippen LogP contribution in [0.3, 0.4) is 0 Å². The Hall–Kier alpha value is -2.34. The van der Waals surface area contributed by atoms with E-state index in [2.05, 4.69) is 5.10 Å². The summed E-state index contributed by atoms with van der Waals surface area (Å²) in [4.78, 5) is 24.4. The van der Waals surface area contributed by atoms with E-state index < -0.39 is 5.97 Å². The molecule has 0 fully saturated rings. The van der Waals surface area contributed by atoms with Crippen LogP contribution in [0.2, 0.25) is 5.02 Å². The van der Waals surface area contributed by atoms with Gasteiger partial charge >= 0.3 is 5.97 Å². The van der Waals surface area contributed by atoms with Gasteiger partial charge in [-0.05, 0) is 37.6 Å². The van der Waals surface area contributed by atoms with Crippen molar-refractivity contribution < 1.29 is 14.7 Å². The summed E-state index contributed by atoms with van der Waals surface area (Å²) in [6.45, 7) is 2.23. The highest BCUT2D eigenvalue weighted by atomic mass is 35.5. The molecule has 1 heterocycles. The summed E-state index contributed by atoms with van der Waals surface area (Å²) in [7, 11) is 1.64. The van der Waals surface area contributed by atoms with Gasteiger partial charge in [-0.25, -0.2) is 4.68 Å². The molecule has 1 aromatic heterocycles. The van der Waals surface area contributed by atoms with Gasteiger partial charge in [0.2, 0.25) is 0 Å². The standard InChI is InChI=1S/C16H18ClN3O3/c1-11-9-14(16(23)19(2)8-4-7-15(21)22)18-20(11)13-6-3-5-12(17)10-13/h3,5-6,9-10H,4,7-8H2,1-2H3,(H,21,22). The first-order valence-electron chi connectivity index (χ1n) is 7.18. The van der Waals surface area contributed by atoms with Gasteiger partial charge in [-0.3, -0.25) is 9.59 Å². The Balaban J connectivity index is 2.13. The maximum atomic E-state index is 12.4. The summed E-state index contributed by atoms with van der Waals surface area (Å²) < 4.78 is 1.66. The number of nitrogens with zero attached hydrogens (tertiary/aromatic N) is 3. The van der Waals surface area contributed by atoms with Crippen molar-refractivity contribution in [3.63, 3.8) is 0 Å². The molecule has 0 radical (unpaired) electrons. The Kier molecular flexibility index (Phi) is 5.39. The lowest BCUT2D eigenvalue weighted by atomic mass is 10.2. The molecule has 0 spiro atoms. The third-order valence-electron chi connectivity index (χ3n) is 3.39. The van der Waals surface area contributed by atoms with Gasteiger partial charge in [-0.15, -0.1) is 0 Å². The van der Waals surface area contributed by atoms with Crippen LogP contribution in [0.25, 0.3) is 5.69 Å². The Labute approximate surface area is 139 Å². The summed E-state index contributed by atoms with van der Waals surface area (Å²) in [6.07, 6.45) is 0.444. The second kappa shape index (κ2) is 7.28. The number of hydrogen-bond donors (Lipinski definition) is 1. The summed E-state index contributed by atoms with van der Waals surface area (Å²) in [5, 5.41) is 13.6. The molecular formula is C16H18ClN3O3. The van der Waals surface area contributed by atoms with E-state index in [0.29, 0.717) is 23.7 Å². The summed E-state index contributed by atoms with van der Waals surface area (Å²) in [5.41, 5.74) is 1.91. The number of benzene rings is 1. The predicted octanol–water partition coefficient (Wildman–Crippen LogP) is 2.77. The number of aliphatic carboxylic acids is 1. The lowest BCUT2D eigenvalue weighted by Crippen LogP contribution is -2.28. The van der Waals surface area contributed by atoms with Gasteiger partial charge in [0.15, 0.2) is 5.69 Å². The van der Waals surface area contributed by atoms with Crippen molar-refractivity contribution in [3.8, 4) is 5.69 Å². The number of carboxylic acids is 1. The smallest absolute Gasteiger partial charge is 0.303 e. The molecule has 1 N–H and O–H groups in total. The summed E-state index contributed by atoms with van der Waals surface area (Å²) in [6, 6.07) is 8.92. The molecule has 1 amide bonds. The molecule has 2 rings (SSSR count). The summed E-state index contributed by atoms with van der Waals surface area (Å²) in [5.74, 6) is -1.11. The van der Waals surface area contributed by atoms with Crippen LogP contribution in [-0.4, -0.2) is 45.3 Å². The molecule has 0 bridgehead atoms. The second-order valence-electron chi connectivity index (χ2n) is 5.29. The molecule has 23 heavy (non-hydrogen) atoms. The fourth-order valence-electron chi connectivity index (χ4n) is 2.21. The first-order valence-corrected chi connectivity index (χ1v) is 7.56. The minimum Gasteiger partial charge on any atom is -0.481 e. The van der Waals surface area contributed by atoms with E-state index in [1.165, 1.54) is 4.90 Å². The molecule has 0 aliphatic carbocycles.